The molecule has 0 saturated carbocycles. The van der Waals surface area contributed by atoms with Crippen molar-refractivity contribution in [2.45, 2.75) is 26.2 Å². The average molecular weight is 210 g/mol. The number of Topliss-reactive ketones (excluding diaryl/α,β-unsaturated/α-hetero) is 1. The Hall–Kier alpha value is -0.880. The molecule has 0 aromatic heterocycles. The predicted octanol–water partition coefficient (Wildman–Crippen LogP) is 2.27. The zero-order chi connectivity index (χ0) is 10.6. The highest BCUT2D eigenvalue weighted by Crippen LogP contribution is 2.18. The van der Waals surface area contributed by atoms with Gasteiger partial charge in [-0.3, -0.25) is 4.79 Å². The molecule has 1 rings (SSSR count). The Morgan fingerprint density at radius 2 is 2.21 bits per heavy atom. The molecule has 1 aromatic carbocycles. The first-order valence-corrected chi connectivity index (χ1v) is 5.35. The third-order valence-corrected chi connectivity index (χ3v) is 2.59. The maximum atomic E-state index is 11.7. The number of hydrogen-bond donors (Lipinski definition) is 1. The standard InChI is InChI=1S/C11H15O2P/c1-2-3-5-8(12)11-9(13)6-4-7-10(11)14/h4,6-7,13H,2-3,5,14H2,1H3. The third-order valence-electron chi connectivity index (χ3n) is 2.11. The number of carbonyl (C=O) groups excluding carboxylic acids is 1. The van der Waals surface area contributed by atoms with E-state index in [-0.39, 0.29) is 11.5 Å². The molecule has 14 heavy (non-hydrogen) atoms. The Balaban J connectivity index is 2.89. The van der Waals surface area contributed by atoms with Gasteiger partial charge in [0.2, 0.25) is 0 Å². The molecule has 0 heterocycles. The summed E-state index contributed by atoms with van der Waals surface area (Å²) in [5, 5.41) is 10.3. The van der Waals surface area contributed by atoms with Crippen molar-refractivity contribution in [2.75, 3.05) is 0 Å². The number of hydrogen-bond acceptors (Lipinski definition) is 2. The SMILES string of the molecule is CCCCC(=O)c1c(O)cccc1P. The highest BCUT2D eigenvalue weighted by molar-refractivity contribution is 7.27. The second-order valence-corrected chi connectivity index (χ2v) is 3.89. The molecular weight excluding hydrogens is 195 g/mol. The maximum absolute atomic E-state index is 11.7. The average Bonchev–Trinajstić information content (AvgIpc) is 2.14. The second kappa shape index (κ2) is 5.11. The molecule has 1 atom stereocenters. The first kappa shape index (κ1) is 11.2. The maximum Gasteiger partial charge on any atom is 0.167 e. The number of benzene rings is 1. The van der Waals surface area contributed by atoms with Crippen LogP contribution >= 0.6 is 9.24 Å². The van der Waals surface area contributed by atoms with E-state index in [0.29, 0.717) is 12.0 Å². The first-order valence-electron chi connectivity index (χ1n) is 4.77. The van der Waals surface area contributed by atoms with Crippen molar-refractivity contribution >= 4 is 20.3 Å². The van der Waals surface area contributed by atoms with Gasteiger partial charge in [-0.05, 0) is 17.8 Å². The summed E-state index contributed by atoms with van der Waals surface area (Å²) in [5.41, 5.74) is 0.450. The summed E-state index contributed by atoms with van der Waals surface area (Å²) < 4.78 is 0. The van der Waals surface area contributed by atoms with Gasteiger partial charge in [-0.2, -0.15) is 0 Å². The van der Waals surface area contributed by atoms with E-state index in [1.54, 1.807) is 12.1 Å². The number of aromatic hydroxyl groups is 1. The zero-order valence-electron chi connectivity index (χ0n) is 8.29. The lowest BCUT2D eigenvalue weighted by Crippen LogP contribution is -2.09. The first-order chi connectivity index (χ1) is 6.66. The van der Waals surface area contributed by atoms with Crippen LogP contribution in [0.1, 0.15) is 36.5 Å². The van der Waals surface area contributed by atoms with Crippen molar-refractivity contribution < 1.29 is 9.90 Å². The monoisotopic (exact) mass is 210 g/mol. The molecule has 0 amide bonds. The van der Waals surface area contributed by atoms with Crippen LogP contribution in [0.2, 0.25) is 0 Å². The Kier molecular flexibility index (Phi) is 4.09. The van der Waals surface area contributed by atoms with Crippen molar-refractivity contribution in [3.63, 3.8) is 0 Å². The van der Waals surface area contributed by atoms with Crippen LogP contribution < -0.4 is 5.30 Å². The molecule has 0 aliphatic rings. The fourth-order valence-corrected chi connectivity index (χ4v) is 1.74. The summed E-state index contributed by atoms with van der Waals surface area (Å²) in [4.78, 5) is 11.7. The molecule has 0 aliphatic heterocycles. The molecule has 0 saturated heterocycles. The summed E-state index contributed by atoms with van der Waals surface area (Å²) in [6.07, 6.45) is 2.37. The molecule has 0 spiro atoms. The molecular formula is C11H15O2P. The van der Waals surface area contributed by atoms with Crippen molar-refractivity contribution in [2.24, 2.45) is 0 Å². The van der Waals surface area contributed by atoms with E-state index in [4.69, 9.17) is 0 Å². The smallest absolute Gasteiger partial charge is 0.167 e. The van der Waals surface area contributed by atoms with Gasteiger partial charge in [-0.25, -0.2) is 0 Å². The van der Waals surface area contributed by atoms with E-state index in [2.05, 4.69) is 9.24 Å². The number of rotatable bonds is 4. The lowest BCUT2D eigenvalue weighted by Gasteiger charge is -2.06. The van der Waals surface area contributed by atoms with Crippen molar-refractivity contribution in [1.29, 1.82) is 0 Å². The van der Waals surface area contributed by atoms with Gasteiger partial charge in [0.1, 0.15) is 5.75 Å². The predicted molar refractivity (Wildman–Crippen MR) is 61.3 cm³/mol. The van der Waals surface area contributed by atoms with Crippen LogP contribution in [-0.2, 0) is 0 Å². The van der Waals surface area contributed by atoms with E-state index in [9.17, 15) is 9.90 Å². The summed E-state index contributed by atoms with van der Waals surface area (Å²) in [6.45, 7) is 2.04. The van der Waals surface area contributed by atoms with Crippen molar-refractivity contribution in [1.82, 2.24) is 0 Å². The van der Waals surface area contributed by atoms with Gasteiger partial charge >= 0.3 is 0 Å². The van der Waals surface area contributed by atoms with Crippen LogP contribution in [0.3, 0.4) is 0 Å². The van der Waals surface area contributed by atoms with Crippen LogP contribution in [0, 0.1) is 0 Å². The van der Waals surface area contributed by atoms with Gasteiger partial charge in [0.05, 0.1) is 5.56 Å². The molecule has 0 radical (unpaired) electrons. The van der Waals surface area contributed by atoms with Crippen LogP contribution in [0.15, 0.2) is 18.2 Å². The summed E-state index contributed by atoms with van der Waals surface area (Å²) in [6, 6.07) is 5.09. The quantitative estimate of drug-likeness (QED) is 0.611. The minimum Gasteiger partial charge on any atom is -0.507 e. The van der Waals surface area contributed by atoms with Crippen LogP contribution in [0.5, 0.6) is 5.75 Å². The van der Waals surface area contributed by atoms with Crippen LogP contribution in [0.25, 0.3) is 0 Å². The van der Waals surface area contributed by atoms with Gasteiger partial charge in [0.25, 0.3) is 0 Å². The normalized spacial score (nSPS) is 10.1. The van der Waals surface area contributed by atoms with Crippen molar-refractivity contribution in [3.05, 3.63) is 23.8 Å². The van der Waals surface area contributed by atoms with E-state index in [1.807, 2.05) is 13.0 Å². The van der Waals surface area contributed by atoms with E-state index < -0.39 is 0 Å². The summed E-state index contributed by atoms with van der Waals surface area (Å²) in [5.74, 6) is 0.105. The van der Waals surface area contributed by atoms with Gasteiger partial charge in [0, 0.05) is 6.42 Å². The minimum absolute atomic E-state index is 0.0231. The molecule has 2 nitrogen and oxygen atoms in total. The molecule has 1 aromatic rings. The van der Waals surface area contributed by atoms with Crippen LogP contribution in [0.4, 0.5) is 0 Å². The zero-order valence-corrected chi connectivity index (χ0v) is 9.44. The minimum atomic E-state index is 0.0231. The highest BCUT2D eigenvalue weighted by atomic mass is 31.0. The van der Waals surface area contributed by atoms with Gasteiger partial charge in [-0.1, -0.05) is 25.5 Å². The Morgan fingerprint density at radius 3 is 2.79 bits per heavy atom. The molecule has 3 heteroatoms. The van der Waals surface area contributed by atoms with Crippen molar-refractivity contribution in [3.8, 4) is 5.75 Å². The van der Waals surface area contributed by atoms with Gasteiger partial charge in [-0.15, -0.1) is 9.24 Å². The third kappa shape index (κ3) is 2.55. The fourth-order valence-electron chi connectivity index (χ4n) is 1.32. The van der Waals surface area contributed by atoms with E-state index in [1.165, 1.54) is 0 Å². The second-order valence-electron chi connectivity index (χ2n) is 3.27. The number of ketones is 1. The Bertz CT molecular complexity index is 314. The molecule has 0 fully saturated rings. The lowest BCUT2D eigenvalue weighted by molar-refractivity contribution is 0.0978. The Labute approximate surface area is 86.5 Å². The number of unbranched alkanes of at least 4 members (excludes halogenated alkanes) is 1. The van der Waals surface area contributed by atoms with Gasteiger partial charge in [0.15, 0.2) is 5.78 Å². The Morgan fingerprint density at radius 1 is 1.50 bits per heavy atom. The lowest BCUT2D eigenvalue weighted by atomic mass is 10.0. The number of phenols is 1. The van der Waals surface area contributed by atoms with Gasteiger partial charge < -0.3 is 5.11 Å². The summed E-state index contributed by atoms with van der Waals surface area (Å²) >= 11 is 0. The number of carbonyl (C=O) groups is 1. The molecule has 1 unspecified atom stereocenters. The molecule has 76 valence electrons. The number of phenolic OH excluding ortho intramolecular Hbond substituents is 1. The highest BCUT2D eigenvalue weighted by Gasteiger charge is 2.12. The van der Waals surface area contributed by atoms with Crippen LogP contribution in [-0.4, -0.2) is 10.9 Å². The van der Waals surface area contributed by atoms with E-state index >= 15 is 0 Å². The topological polar surface area (TPSA) is 37.3 Å². The molecule has 0 aliphatic carbocycles. The van der Waals surface area contributed by atoms with E-state index in [0.717, 1.165) is 18.1 Å². The molecule has 1 N–H and O–H groups in total. The molecule has 0 bridgehead atoms. The fraction of sp³-hybridized carbons (Fsp3) is 0.364. The largest absolute Gasteiger partial charge is 0.507 e. The summed E-state index contributed by atoms with van der Waals surface area (Å²) in [7, 11) is 2.47.